The number of rotatable bonds is 3. The van der Waals surface area contributed by atoms with E-state index in [0.717, 1.165) is 5.69 Å². The minimum Gasteiger partial charge on any atom is -0.346 e. The van der Waals surface area contributed by atoms with Crippen LogP contribution in [0.3, 0.4) is 0 Å². The highest BCUT2D eigenvalue weighted by Gasteiger charge is 2.09. The highest BCUT2D eigenvalue weighted by atomic mass is 19.1. The van der Waals surface area contributed by atoms with Gasteiger partial charge in [0.25, 0.3) is 5.91 Å². The van der Waals surface area contributed by atoms with Gasteiger partial charge in [-0.1, -0.05) is 0 Å². The number of aromatic nitrogens is 2. The topological polar surface area (TPSA) is 57.8 Å². The van der Waals surface area contributed by atoms with E-state index in [4.69, 9.17) is 0 Å². The van der Waals surface area contributed by atoms with Crippen molar-refractivity contribution >= 4 is 5.91 Å². The molecular formula is C12H12FN3O. The third-order valence-corrected chi connectivity index (χ3v) is 2.43. The van der Waals surface area contributed by atoms with E-state index in [1.54, 1.807) is 19.2 Å². The Morgan fingerprint density at radius 3 is 2.94 bits per heavy atom. The van der Waals surface area contributed by atoms with Gasteiger partial charge in [0.2, 0.25) is 0 Å². The Morgan fingerprint density at radius 2 is 2.29 bits per heavy atom. The zero-order valence-electron chi connectivity index (χ0n) is 9.33. The lowest BCUT2D eigenvalue weighted by atomic mass is 10.1. The van der Waals surface area contributed by atoms with Gasteiger partial charge >= 0.3 is 0 Å². The molecule has 5 heteroatoms. The van der Waals surface area contributed by atoms with Crippen molar-refractivity contribution in [1.82, 2.24) is 15.5 Å². The lowest BCUT2D eigenvalue weighted by molar-refractivity contribution is 0.0950. The van der Waals surface area contributed by atoms with Crippen LogP contribution in [0, 0.1) is 12.7 Å². The van der Waals surface area contributed by atoms with Crippen molar-refractivity contribution in [2.24, 2.45) is 0 Å². The summed E-state index contributed by atoms with van der Waals surface area (Å²) in [5, 5.41) is 9.25. The molecule has 0 bridgehead atoms. The molecule has 1 heterocycles. The zero-order valence-corrected chi connectivity index (χ0v) is 9.33. The Bertz CT molecular complexity index is 523. The molecule has 1 aromatic heterocycles. The molecule has 2 N–H and O–H groups in total. The molecule has 1 amide bonds. The second kappa shape index (κ2) is 4.78. The molecule has 0 saturated carbocycles. The summed E-state index contributed by atoms with van der Waals surface area (Å²) >= 11 is 0. The van der Waals surface area contributed by atoms with Crippen LogP contribution in [0.5, 0.6) is 0 Å². The van der Waals surface area contributed by atoms with Gasteiger partial charge in [0.1, 0.15) is 5.82 Å². The molecule has 1 aromatic carbocycles. The molecule has 0 atom stereocenters. The van der Waals surface area contributed by atoms with E-state index in [2.05, 4.69) is 15.5 Å². The first-order chi connectivity index (χ1) is 8.16. The molecule has 2 aromatic rings. The smallest absolute Gasteiger partial charge is 0.251 e. The van der Waals surface area contributed by atoms with Crippen molar-refractivity contribution in [3.05, 3.63) is 53.1 Å². The van der Waals surface area contributed by atoms with Crippen molar-refractivity contribution in [2.45, 2.75) is 13.5 Å². The SMILES string of the molecule is Cc1cc(F)ccc1C(=O)NCc1ccn[nH]1. The maximum atomic E-state index is 12.9. The molecular weight excluding hydrogens is 221 g/mol. The first-order valence-electron chi connectivity index (χ1n) is 5.19. The summed E-state index contributed by atoms with van der Waals surface area (Å²) in [5.41, 5.74) is 1.91. The first kappa shape index (κ1) is 11.3. The zero-order chi connectivity index (χ0) is 12.3. The van der Waals surface area contributed by atoms with Gasteiger partial charge in [-0.15, -0.1) is 0 Å². The van der Waals surface area contributed by atoms with E-state index >= 15 is 0 Å². The summed E-state index contributed by atoms with van der Waals surface area (Å²) in [6, 6.07) is 5.87. The minimum atomic E-state index is -0.340. The number of H-pyrrole nitrogens is 1. The van der Waals surface area contributed by atoms with Crippen LogP contribution in [0.1, 0.15) is 21.6 Å². The number of carbonyl (C=O) groups is 1. The van der Waals surface area contributed by atoms with Crippen LogP contribution in [-0.4, -0.2) is 16.1 Å². The monoisotopic (exact) mass is 233 g/mol. The van der Waals surface area contributed by atoms with Crippen LogP contribution in [0.2, 0.25) is 0 Å². The molecule has 0 aliphatic carbocycles. The van der Waals surface area contributed by atoms with Gasteiger partial charge in [0.05, 0.1) is 12.2 Å². The van der Waals surface area contributed by atoms with Crippen LogP contribution in [0.25, 0.3) is 0 Å². The lowest BCUT2D eigenvalue weighted by Crippen LogP contribution is -2.23. The average molecular weight is 233 g/mol. The third kappa shape index (κ3) is 2.69. The molecule has 2 rings (SSSR count). The summed E-state index contributed by atoms with van der Waals surface area (Å²) in [5.74, 6) is -0.565. The van der Waals surface area contributed by atoms with Crippen LogP contribution >= 0.6 is 0 Å². The third-order valence-electron chi connectivity index (χ3n) is 2.43. The second-order valence-electron chi connectivity index (χ2n) is 3.72. The summed E-state index contributed by atoms with van der Waals surface area (Å²) in [7, 11) is 0. The van der Waals surface area contributed by atoms with Crippen molar-refractivity contribution in [1.29, 1.82) is 0 Å². The van der Waals surface area contributed by atoms with Gasteiger partial charge in [-0.25, -0.2) is 4.39 Å². The fourth-order valence-corrected chi connectivity index (χ4v) is 1.54. The molecule has 0 fully saturated rings. The van der Waals surface area contributed by atoms with Crippen LogP contribution < -0.4 is 5.32 Å². The molecule has 0 saturated heterocycles. The van der Waals surface area contributed by atoms with Gasteiger partial charge in [-0.3, -0.25) is 9.89 Å². The predicted molar refractivity (Wildman–Crippen MR) is 60.9 cm³/mol. The number of hydrogen-bond donors (Lipinski definition) is 2. The van der Waals surface area contributed by atoms with E-state index in [0.29, 0.717) is 17.7 Å². The summed E-state index contributed by atoms with van der Waals surface area (Å²) in [6.07, 6.45) is 1.62. The fourth-order valence-electron chi connectivity index (χ4n) is 1.54. The van der Waals surface area contributed by atoms with Crippen LogP contribution in [0.4, 0.5) is 4.39 Å². The number of aryl methyl sites for hydroxylation is 1. The van der Waals surface area contributed by atoms with Crippen molar-refractivity contribution in [3.63, 3.8) is 0 Å². The van der Waals surface area contributed by atoms with Gasteiger partial charge in [0, 0.05) is 11.8 Å². The molecule has 88 valence electrons. The molecule has 0 aliphatic heterocycles. The molecule has 0 unspecified atom stereocenters. The molecule has 0 spiro atoms. The average Bonchev–Trinajstić information content (AvgIpc) is 2.78. The normalized spacial score (nSPS) is 10.2. The quantitative estimate of drug-likeness (QED) is 0.849. The lowest BCUT2D eigenvalue weighted by Gasteiger charge is -2.06. The molecule has 0 aliphatic rings. The Balaban J connectivity index is 2.04. The van der Waals surface area contributed by atoms with Crippen LogP contribution in [0.15, 0.2) is 30.5 Å². The van der Waals surface area contributed by atoms with E-state index in [9.17, 15) is 9.18 Å². The summed E-state index contributed by atoms with van der Waals surface area (Å²) < 4.78 is 12.9. The Kier molecular flexibility index (Phi) is 3.18. The van der Waals surface area contributed by atoms with E-state index in [1.165, 1.54) is 18.2 Å². The predicted octanol–water partition coefficient (Wildman–Crippen LogP) is 1.79. The first-order valence-corrected chi connectivity index (χ1v) is 5.19. The van der Waals surface area contributed by atoms with Crippen molar-refractivity contribution in [2.75, 3.05) is 0 Å². The maximum absolute atomic E-state index is 12.9. The fraction of sp³-hybridized carbons (Fsp3) is 0.167. The van der Waals surface area contributed by atoms with Gasteiger partial charge in [0.15, 0.2) is 0 Å². The number of carbonyl (C=O) groups excluding carboxylic acids is 1. The molecule has 4 nitrogen and oxygen atoms in total. The molecule has 17 heavy (non-hydrogen) atoms. The number of hydrogen-bond acceptors (Lipinski definition) is 2. The van der Waals surface area contributed by atoms with Crippen molar-refractivity contribution in [3.8, 4) is 0 Å². The van der Waals surface area contributed by atoms with Gasteiger partial charge < -0.3 is 5.32 Å². The number of benzene rings is 1. The van der Waals surface area contributed by atoms with Crippen LogP contribution in [-0.2, 0) is 6.54 Å². The number of aromatic amines is 1. The van der Waals surface area contributed by atoms with Gasteiger partial charge in [-0.2, -0.15) is 5.10 Å². The van der Waals surface area contributed by atoms with E-state index in [-0.39, 0.29) is 11.7 Å². The number of halogens is 1. The second-order valence-corrected chi connectivity index (χ2v) is 3.72. The maximum Gasteiger partial charge on any atom is 0.251 e. The summed E-state index contributed by atoms with van der Waals surface area (Å²) in [4.78, 5) is 11.8. The Morgan fingerprint density at radius 1 is 1.47 bits per heavy atom. The Labute approximate surface area is 97.9 Å². The standard InChI is InChI=1S/C12H12FN3O/c1-8-6-9(13)2-3-11(8)12(17)14-7-10-4-5-15-16-10/h2-6H,7H2,1H3,(H,14,17)(H,15,16). The highest BCUT2D eigenvalue weighted by Crippen LogP contribution is 2.10. The van der Waals surface area contributed by atoms with Crippen molar-refractivity contribution < 1.29 is 9.18 Å². The number of amides is 1. The summed E-state index contributed by atoms with van der Waals surface area (Å²) in [6.45, 7) is 2.07. The van der Waals surface area contributed by atoms with Gasteiger partial charge in [-0.05, 0) is 36.8 Å². The Hall–Kier alpha value is -2.17. The largest absolute Gasteiger partial charge is 0.346 e. The van der Waals surface area contributed by atoms with E-state index < -0.39 is 0 Å². The number of nitrogens with zero attached hydrogens (tertiary/aromatic N) is 1. The molecule has 0 radical (unpaired) electrons. The minimum absolute atomic E-state index is 0.225. The number of nitrogens with one attached hydrogen (secondary N) is 2. The highest BCUT2D eigenvalue weighted by molar-refractivity contribution is 5.95. The van der Waals surface area contributed by atoms with E-state index in [1.807, 2.05) is 0 Å².